The van der Waals surface area contributed by atoms with Crippen LogP contribution in [0.5, 0.6) is 0 Å². The summed E-state index contributed by atoms with van der Waals surface area (Å²) in [7, 11) is -2.09. The molecule has 1 N–H and O–H groups in total. The molecule has 3 unspecified atom stereocenters. The predicted octanol–water partition coefficient (Wildman–Crippen LogP) is 4.81. The van der Waals surface area contributed by atoms with E-state index in [1.165, 1.54) is 6.08 Å². The van der Waals surface area contributed by atoms with Crippen LogP contribution in [0.3, 0.4) is 0 Å². The average molecular weight is 391 g/mol. The highest BCUT2D eigenvalue weighted by Crippen LogP contribution is 2.38. The van der Waals surface area contributed by atoms with Crippen molar-refractivity contribution in [3.8, 4) is 0 Å². The average Bonchev–Trinajstić information content (AvgIpc) is 2.38. The van der Waals surface area contributed by atoms with Gasteiger partial charge in [-0.3, -0.25) is 0 Å². The van der Waals surface area contributed by atoms with Gasteiger partial charge in [-0.15, -0.1) is 17.3 Å². The van der Waals surface area contributed by atoms with E-state index in [0.29, 0.717) is 5.57 Å². The Morgan fingerprint density at radius 1 is 1.20 bits per heavy atom. The number of hydrogen-bond acceptors (Lipinski definition) is 4. The van der Waals surface area contributed by atoms with Crippen LogP contribution in [0.15, 0.2) is 17.4 Å². The quantitative estimate of drug-likeness (QED) is 0.232. The van der Waals surface area contributed by atoms with Crippen molar-refractivity contribution in [2.75, 3.05) is 0 Å². The fraction of sp³-hybridized carbons (Fsp3) is 0.789. The van der Waals surface area contributed by atoms with Crippen LogP contribution in [0.2, 0.25) is 18.1 Å². The molecule has 0 aromatic heterocycles. The minimum absolute atomic E-state index is 0.00271. The van der Waals surface area contributed by atoms with Gasteiger partial charge in [-0.05, 0) is 58.8 Å². The zero-order valence-corrected chi connectivity index (χ0v) is 19.1. The zero-order chi connectivity index (χ0) is 20.2. The lowest BCUT2D eigenvalue weighted by Gasteiger charge is -2.40. The van der Waals surface area contributed by atoms with Crippen molar-refractivity contribution in [1.29, 1.82) is 0 Å². The lowest BCUT2D eigenvalue weighted by Crippen LogP contribution is -2.49. The van der Waals surface area contributed by atoms with E-state index in [0.717, 1.165) is 0 Å². The Hall–Kier alpha value is -0.583. The Labute approximate surface area is 159 Å². The molecule has 0 rings (SSSR count). The number of rotatable bonds is 6. The van der Waals surface area contributed by atoms with Gasteiger partial charge >= 0.3 is 5.97 Å². The molecule has 146 valence electrons. The van der Waals surface area contributed by atoms with E-state index >= 15 is 0 Å². The molecule has 0 aromatic rings. The lowest BCUT2D eigenvalue weighted by molar-refractivity contribution is -0.149. The summed E-state index contributed by atoms with van der Waals surface area (Å²) < 4.78 is 11.5. The Bertz CT molecular complexity index is 521. The van der Waals surface area contributed by atoms with Crippen molar-refractivity contribution in [2.45, 2.75) is 96.7 Å². The maximum absolute atomic E-state index is 12.0. The topological polar surface area (TPSA) is 55.8 Å². The summed E-state index contributed by atoms with van der Waals surface area (Å²) in [5.41, 5.74) is 2.53. The second-order valence-corrected chi connectivity index (χ2v) is 14.4. The van der Waals surface area contributed by atoms with Crippen molar-refractivity contribution >= 4 is 25.9 Å². The predicted molar refractivity (Wildman–Crippen MR) is 107 cm³/mol. The van der Waals surface area contributed by atoms with E-state index in [-0.39, 0.29) is 10.4 Å². The first-order valence-corrected chi connectivity index (χ1v) is 12.0. The van der Waals surface area contributed by atoms with Crippen LogP contribution in [0, 0.1) is 0 Å². The lowest BCUT2D eigenvalue weighted by atomic mass is 10.1. The zero-order valence-electron chi connectivity index (χ0n) is 17.4. The van der Waals surface area contributed by atoms with E-state index in [4.69, 9.17) is 20.8 Å². The summed E-state index contributed by atoms with van der Waals surface area (Å²) in [6.45, 7) is 19.4. The maximum atomic E-state index is 12.0. The second-order valence-electron chi connectivity index (χ2n) is 8.95. The molecule has 0 aliphatic rings. The van der Waals surface area contributed by atoms with E-state index in [1.807, 2.05) is 0 Å². The van der Waals surface area contributed by atoms with Gasteiger partial charge in [0, 0.05) is 0 Å². The van der Waals surface area contributed by atoms with Gasteiger partial charge in [-0.25, -0.2) is 4.79 Å². The molecular formula is C19H35ClO4Si. The molecule has 0 saturated carbocycles. The van der Waals surface area contributed by atoms with Crippen molar-refractivity contribution in [3.63, 3.8) is 0 Å². The van der Waals surface area contributed by atoms with Crippen LogP contribution in [-0.4, -0.2) is 42.6 Å². The third kappa shape index (κ3) is 8.56. The van der Waals surface area contributed by atoms with Crippen LogP contribution in [0.1, 0.15) is 55.4 Å². The Morgan fingerprint density at radius 2 is 1.68 bits per heavy atom. The number of esters is 1. The van der Waals surface area contributed by atoms with Gasteiger partial charge in [0.15, 0.2) is 8.32 Å². The molecule has 0 aliphatic heterocycles. The summed E-state index contributed by atoms with van der Waals surface area (Å²) in [5.74, 6) is -0.461. The van der Waals surface area contributed by atoms with Crippen LogP contribution >= 0.6 is 11.6 Å². The van der Waals surface area contributed by atoms with Gasteiger partial charge in [-0.1, -0.05) is 20.8 Å². The number of alkyl halides is 1. The first-order valence-electron chi connectivity index (χ1n) is 8.64. The molecule has 0 radical (unpaired) electrons. The molecule has 0 aliphatic carbocycles. The first kappa shape index (κ1) is 24.4. The first-order chi connectivity index (χ1) is 11.0. The normalized spacial score (nSPS) is 16.5. The number of hydrogen-bond donors (Lipinski definition) is 1. The molecule has 6 heteroatoms. The highest BCUT2D eigenvalue weighted by atomic mass is 35.5. The molecule has 0 amide bonds. The fourth-order valence-electron chi connectivity index (χ4n) is 1.67. The molecule has 0 aromatic carbocycles. The van der Waals surface area contributed by atoms with Crippen LogP contribution < -0.4 is 0 Å². The smallest absolute Gasteiger partial charge is 0.342 e. The minimum atomic E-state index is -2.09. The largest absolute Gasteiger partial charge is 0.456 e. The molecule has 0 saturated heterocycles. The monoisotopic (exact) mass is 390 g/mol. The number of ether oxygens (including phenoxy) is 1. The van der Waals surface area contributed by atoms with Gasteiger partial charge < -0.3 is 14.3 Å². The van der Waals surface area contributed by atoms with Crippen LogP contribution in [0.25, 0.3) is 0 Å². The summed E-state index contributed by atoms with van der Waals surface area (Å²) >= 11 is 6.25. The summed E-state index contributed by atoms with van der Waals surface area (Å²) in [4.78, 5) is 12.0. The molecular weight excluding hydrogens is 356 g/mol. The molecule has 0 spiro atoms. The summed E-state index contributed by atoms with van der Waals surface area (Å²) in [5, 5.41) is 10.1. The molecule has 0 fully saturated rings. The highest BCUT2D eigenvalue weighted by Gasteiger charge is 2.41. The molecule has 3 atom stereocenters. The number of carbonyl (C=O) groups excluding carboxylic acids is 1. The number of halogens is 1. The number of carbonyl (C=O) groups is 1. The van der Waals surface area contributed by atoms with Crippen molar-refractivity contribution < 1.29 is 19.1 Å². The Kier molecular flexibility index (Phi) is 8.67. The number of aliphatic hydroxyl groups is 1. The summed E-state index contributed by atoms with van der Waals surface area (Å²) in [6, 6.07) is 0. The maximum Gasteiger partial charge on any atom is 0.342 e. The third-order valence-corrected chi connectivity index (χ3v) is 8.92. The van der Waals surface area contributed by atoms with E-state index in [2.05, 4.69) is 39.6 Å². The van der Waals surface area contributed by atoms with E-state index in [9.17, 15) is 9.90 Å². The third-order valence-electron chi connectivity index (χ3n) is 4.20. The van der Waals surface area contributed by atoms with Crippen LogP contribution in [0.4, 0.5) is 0 Å². The van der Waals surface area contributed by atoms with Gasteiger partial charge in [-0.2, -0.15) is 0 Å². The molecule has 4 nitrogen and oxygen atoms in total. The van der Waals surface area contributed by atoms with Gasteiger partial charge in [0.2, 0.25) is 0 Å². The van der Waals surface area contributed by atoms with Crippen molar-refractivity contribution in [2.24, 2.45) is 0 Å². The van der Waals surface area contributed by atoms with Gasteiger partial charge in [0.25, 0.3) is 0 Å². The second kappa shape index (κ2) is 8.87. The number of aliphatic hydroxyl groups excluding tert-OH is 1. The minimum Gasteiger partial charge on any atom is -0.456 e. The Morgan fingerprint density at radius 3 is 2.04 bits per heavy atom. The van der Waals surface area contributed by atoms with Gasteiger partial charge in [0.05, 0.1) is 17.1 Å². The van der Waals surface area contributed by atoms with Crippen LogP contribution in [-0.2, 0) is 14.0 Å². The highest BCUT2D eigenvalue weighted by molar-refractivity contribution is 6.74. The molecule has 25 heavy (non-hydrogen) atoms. The Balaban J connectivity index is 5.34. The SMILES string of the molecule is CC(=C=CC(O)C(O[Si](C)(C)C(C)(C)C)C(C)Cl)C(=O)OC(C)(C)C. The van der Waals surface area contributed by atoms with Crippen molar-refractivity contribution in [1.82, 2.24) is 0 Å². The summed E-state index contributed by atoms with van der Waals surface area (Å²) in [6.07, 6.45) is -0.101. The van der Waals surface area contributed by atoms with Crippen molar-refractivity contribution in [3.05, 3.63) is 17.4 Å². The van der Waals surface area contributed by atoms with E-state index in [1.54, 1.807) is 34.6 Å². The fourth-order valence-corrected chi connectivity index (χ4v) is 3.34. The van der Waals surface area contributed by atoms with E-state index < -0.39 is 32.1 Å². The molecule has 0 heterocycles. The molecule has 0 bridgehead atoms. The standard InChI is InChI=1S/C19H35ClO4Si/c1-13(17(22)23-18(3,4)5)11-12-15(21)16(14(2)20)24-25(9,10)19(6,7)8/h12,14-16,21H,1-10H3. The van der Waals surface area contributed by atoms with Gasteiger partial charge in [0.1, 0.15) is 11.7 Å².